The quantitative estimate of drug-likeness (QED) is 0.626. The van der Waals surface area contributed by atoms with E-state index in [1.165, 1.54) is 23.1 Å². The molecule has 0 bridgehead atoms. The molecule has 4 nitrogen and oxygen atoms in total. The largest absolute Gasteiger partial charge is 0.452 e. The Labute approximate surface area is 137 Å². The van der Waals surface area contributed by atoms with Gasteiger partial charge in [-0.3, -0.25) is 4.79 Å². The number of amides is 1. The molecule has 2 aromatic rings. The van der Waals surface area contributed by atoms with Crippen LogP contribution in [0, 0.1) is 5.82 Å². The van der Waals surface area contributed by atoms with E-state index in [0.29, 0.717) is 6.54 Å². The van der Waals surface area contributed by atoms with Gasteiger partial charge in [-0.05, 0) is 30.0 Å². The summed E-state index contributed by atoms with van der Waals surface area (Å²) in [7, 11) is 0. The number of esters is 1. The van der Waals surface area contributed by atoms with Crippen molar-refractivity contribution in [3.63, 3.8) is 0 Å². The number of halogens is 1. The van der Waals surface area contributed by atoms with Crippen molar-refractivity contribution in [3.05, 3.63) is 64.1 Å². The minimum Gasteiger partial charge on any atom is -0.452 e. The molecule has 0 aliphatic carbocycles. The number of thiophene rings is 1. The van der Waals surface area contributed by atoms with Crippen molar-refractivity contribution >= 4 is 29.3 Å². The van der Waals surface area contributed by atoms with Crippen LogP contribution in [0.1, 0.15) is 10.4 Å². The van der Waals surface area contributed by atoms with Crippen LogP contribution in [0.4, 0.5) is 4.39 Å². The topological polar surface area (TPSA) is 55.4 Å². The Morgan fingerprint density at radius 2 is 2.04 bits per heavy atom. The summed E-state index contributed by atoms with van der Waals surface area (Å²) in [6, 6.07) is 10.00. The lowest BCUT2D eigenvalue weighted by molar-refractivity contribution is -0.143. The predicted octanol–water partition coefficient (Wildman–Crippen LogP) is 2.80. The van der Waals surface area contributed by atoms with Crippen molar-refractivity contribution in [2.45, 2.75) is 6.42 Å². The molecule has 6 heteroatoms. The first-order valence-corrected chi connectivity index (χ1v) is 7.91. The molecule has 1 aromatic heterocycles. The van der Waals surface area contributed by atoms with Gasteiger partial charge >= 0.3 is 5.97 Å². The number of hydrogen-bond acceptors (Lipinski definition) is 4. The highest BCUT2D eigenvalue weighted by molar-refractivity contribution is 7.09. The van der Waals surface area contributed by atoms with Crippen LogP contribution in [0.25, 0.3) is 6.08 Å². The molecule has 0 saturated carbocycles. The third-order valence-corrected chi connectivity index (χ3v) is 3.86. The van der Waals surface area contributed by atoms with Crippen molar-refractivity contribution in [3.8, 4) is 0 Å². The summed E-state index contributed by atoms with van der Waals surface area (Å²) in [4.78, 5) is 24.2. The first kappa shape index (κ1) is 16.9. The number of rotatable bonds is 7. The van der Waals surface area contributed by atoms with Crippen LogP contribution in [0.15, 0.2) is 47.9 Å². The second-order valence-corrected chi connectivity index (χ2v) is 5.67. The summed E-state index contributed by atoms with van der Waals surface area (Å²) >= 11 is 1.62. The number of carbonyl (C=O) groups is 2. The molecule has 1 heterocycles. The molecular weight excluding hydrogens is 317 g/mol. The molecule has 0 aliphatic heterocycles. The zero-order valence-corrected chi connectivity index (χ0v) is 13.1. The van der Waals surface area contributed by atoms with E-state index in [0.717, 1.165) is 12.5 Å². The summed E-state index contributed by atoms with van der Waals surface area (Å²) in [5.74, 6) is -1.49. The summed E-state index contributed by atoms with van der Waals surface area (Å²) in [6.07, 6.45) is 3.15. The lowest BCUT2D eigenvalue weighted by atomic mass is 10.2. The Balaban J connectivity index is 1.67. The van der Waals surface area contributed by atoms with Gasteiger partial charge < -0.3 is 10.1 Å². The second-order valence-electron chi connectivity index (χ2n) is 4.64. The molecule has 0 unspecified atom stereocenters. The van der Waals surface area contributed by atoms with Crippen LogP contribution in [0.2, 0.25) is 0 Å². The van der Waals surface area contributed by atoms with E-state index < -0.39 is 11.8 Å². The monoisotopic (exact) mass is 333 g/mol. The number of ether oxygens (including phenoxy) is 1. The van der Waals surface area contributed by atoms with Gasteiger partial charge in [0.25, 0.3) is 5.91 Å². The molecule has 0 spiro atoms. The van der Waals surface area contributed by atoms with E-state index in [4.69, 9.17) is 4.74 Å². The Morgan fingerprint density at radius 1 is 1.22 bits per heavy atom. The van der Waals surface area contributed by atoms with Crippen molar-refractivity contribution in [1.29, 1.82) is 0 Å². The fourth-order valence-corrected chi connectivity index (χ4v) is 2.49. The van der Waals surface area contributed by atoms with Gasteiger partial charge in [0.05, 0.1) is 0 Å². The van der Waals surface area contributed by atoms with Crippen LogP contribution >= 0.6 is 11.3 Å². The van der Waals surface area contributed by atoms with E-state index in [1.807, 2.05) is 17.5 Å². The van der Waals surface area contributed by atoms with Crippen molar-refractivity contribution in [2.75, 3.05) is 13.2 Å². The lowest BCUT2D eigenvalue weighted by Gasteiger charge is -2.04. The Hall–Kier alpha value is -2.47. The average Bonchev–Trinajstić information content (AvgIpc) is 3.05. The van der Waals surface area contributed by atoms with Gasteiger partial charge in [0, 0.05) is 23.1 Å². The summed E-state index contributed by atoms with van der Waals surface area (Å²) in [5, 5.41) is 4.64. The molecule has 1 aromatic carbocycles. The van der Waals surface area contributed by atoms with E-state index in [1.54, 1.807) is 23.5 Å². The van der Waals surface area contributed by atoms with Crippen LogP contribution in [0.5, 0.6) is 0 Å². The first-order chi connectivity index (χ1) is 11.1. The van der Waals surface area contributed by atoms with Crippen LogP contribution in [-0.4, -0.2) is 25.0 Å². The minimum atomic E-state index is -0.693. The van der Waals surface area contributed by atoms with Gasteiger partial charge in [0.15, 0.2) is 6.61 Å². The van der Waals surface area contributed by atoms with Crippen LogP contribution in [-0.2, 0) is 20.7 Å². The maximum Gasteiger partial charge on any atom is 0.331 e. The van der Waals surface area contributed by atoms with Gasteiger partial charge in [-0.15, -0.1) is 11.3 Å². The molecule has 0 atom stereocenters. The normalized spacial score (nSPS) is 10.7. The Morgan fingerprint density at radius 3 is 2.78 bits per heavy atom. The summed E-state index contributed by atoms with van der Waals surface area (Å²) in [6.45, 7) is 0.132. The highest BCUT2D eigenvalue weighted by Crippen LogP contribution is 2.08. The highest BCUT2D eigenvalue weighted by Gasteiger charge is 2.05. The zero-order valence-electron chi connectivity index (χ0n) is 12.3. The van der Waals surface area contributed by atoms with Gasteiger partial charge in [-0.25, -0.2) is 9.18 Å². The number of carbonyl (C=O) groups excluding carboxylic acids is 2. The summed E-state index contributed by atoms with van der Waals surface area (Å²) < 4.78 is 18.1. The van der Waals surface area contributed by atoms with Crippen molar-refractivity contribution in [1.82, 2.24) is 5.32 Å². The predicted molar refractivity (Wildman–Crippen MR) is 87.4 cm³/mol. The van der Waals surface area contributed by atoms with Gasteiger partial charge in [-0.1, -0.05) is 24.3 Å². The molecule has 0 fully saturated rings. The lowest BCUT2D eigenvalue weighted by Crippen LogP contribution is -2.30. The van der Waals surface area contributed by atoms with Crippen molar-refractivity contribution < 1.29 is 18.7 Å². The van der Waals surface area contributed by atoms with Gasteiger partial charge in [0.2, 0.25) is 0 Å². The van der Waals surface area contributed by atoms with Gasteiger partial charge in [0.1, 0.15) is 5.82 Å². The van der Waals surface area contributed by atoms with Gasteiger partial charge in [-0.2, -0.15) is 0 Å². The molecule has 2 rings (SSSR count). The molecule has 120 valence electrons. The van der Waals surface area contributed by atoms with Crippen LogP contribution < -0.4 is 5.32 Å². The molecule has 0 radical (unpaired) electrons. The highest BCUT2D eigenvalue weighted by atomic mass is 32.1. The summed E-state index contributed by atoms with van der Waals surface area (Å²) in [5.41, 5.74) is 0.282. The fourth-order valence-electron chi connectivity index (χ4n) is 1.78. The third-order valence-electron chi connectivity index (χ3n) is 2.92. The fraction of sp³-hybridized carbons (Fsp3) is 0.176. The third kappa shape index (κ3) is 6.04. The smallest absolute Gasteiger partial charge is 0.331 e. The molecule has 0 aliphatic rings. The Bertz CT molecular complexity index is 683. The van der Waals surface area contributed by atoms with E-state index in [-0.39, 0.29) is 18.1 Å². The number of benzene rings is 1. The maximum atomic E-state index is 13.3. The standard InChI is InChI=1S/C17H16FNO3S/c18-15-6-2-1-4-13(15)7-8-17(21)22-12-16(20)19-10-9-14-5-3-11-23-14/h1-8,11H,9-10,12H2,(H,19,20)/b8-7+. The molecule has 23 heavy (non-hydrogen) atoms. The number of hydrogen-bond donors (Lipinski definition) is 1. The zero-order chi connectivity index (χ0) is 16.5. The van der Waals surface area contributed by atoms with E-state index in [2.05, 4.69) is 5.32 Å². The second kappa shape index (κ2) is 8.85. The minimum absolute atomic E-state index is 0.282. The van der Waals surface area contributed by atoms with Crippen LogP contribution in [0.3, 0.4) is 0 Å². The van der Waals surface area contributed by atoms with E-state index >= 15 is 0 Å². The first-order valence-electron chi connectivity index (χ1n) is 7.03. The average molecular weight is 333 g/mol. The molecular formula is C17H16FNO3S. The number of nitrogens with one attached hydrogen (secondary N) is 1. The maximum absolute atomic E-state index is 13.3. The SMILES string of the molecule is O=C(COC(=O)/C=C/c1ccccc1F)NCCc1cccs1. The molecule has 1 amide bonds. The van der Waals surface area contributed by atoms with Crippen molar-refractivity contribution in [2.24, 2.45) is 0 Å². The molecule has 1 N–H and O–H groups in total. The molecule has 0 saturated heterocycles. The van der Waals surface area contributed by atoms with E-state index in [9.17, 15) is 14.0 Å². The Kier molecular flexibility index (Phi) is 6.50.